The highest BCUT2D eigenvalue weighted by molar-refractivity contribution is 6.13. The molecule has 6 heterocycles. The molecule has 0 fully saturated rings. The number of fused-ring (bicyclic) bond motifs is 6. The minimum absolute atomic E-state index is 0.701. The maximum absolute atomic E-state index is 6.32. The van der Waals surface area contributed by atoms with Crippen LogP contribution in [0.2, 0.25) is 0 Å². The number of nitrogens with zero attached hydrogens (tertiary/aromatic N) is 6. The molecule has 17 aromatic carbocycles. The number of rotatable bonds is 11. The van der Waals surface area contributed by atoms with Gasteiger partial charge in [0.25, 0.3) is 0 Å². The predicted molar refractivity (Wildman–Crippen MR) is 475 cm³/mol. The maximum atomic E-state index is 6.32. The molecule has 0 amide bonds. The molecule has 3 aliphatic rings. The van der Waals surface area contributed by atoms with E-state index in [0.717, 1.165) is 179 Å². The first-order valence-corrected chi connectivity index (χ1v) is 39.2. The summed E-state index contributed by atoms with van der Waals surface area (Å²) in [7, 11) is 0. The molecule has 3 aliphatic heterocycles. The second kappa shape index (κ2) is 30.0. The normalized spacial score (nSPS) is 11.6. The lowest BCUT2D eigenvalue weighted by Gasteiger charge is -2.23. The summed E-state index contributed by atoms with van der Waals surface area (Å²) < 4.78 is 18.9. The Bertz CT molecular complexity index is 7080. The fourth-order valence-electron chi connectivity index (χ4n) is 16.4. The van der Waals surface area contributed by atoms with Crippen molar-refractivity contribution in [3.8, 4) is 192 Å². The molecule has 23 rings (SSSR count). The summed E-state index contributed by atoms with van der Waals surface area (Å²) in [6.07, 6.45) is 1.96. The monoisotopic (exact) mass is 1500 g/mol. The smallest absolute Gasteiger partial charge is 0.160 e. The molecule has 0 N–H and O–H groups in total. The topological polar surface area (TPSA) is 105 Å². The highest BCUT2D eigenvalue weighted by Crippen LogP contribution is 2.53. The van der Waals surface area contributed by atoms with Gasteiger partial charge in [0.1, 0.15) is 34.5 Å². The van der Waals surface area contributed by atoms with Gasteiger partial charge in [-0.25, -0.2) is 29.9 Å². The fraction of sp³-hybridized carbons (Fsp3) is 0. The summed E-state index contributed by atoms with van der Waals surface area (Å²) in [6.45, 7) is 0. The highest BCUT2D eigenvalue weighted by atomic mass is 16.5. The van der Waals surface area contributed by atoms with Crippen LogP contribution in [0.25, 0.3) is 190 Å². The van der Waals surface area contributed by atoms with E-state index >= 15 is 0 Å². The van der Waals surface area contributed by atoms with Crippen molar-refractivity contribution in [2.75, 3.05) is 0 Å². The Morgan fingerprint density at radius 1 is 0.162 bits per heavy atom. The first-order valence-electron chi connectivity index (χ1n) is 39.2. The van der Waals surface area contributed by atoms with Gasteiger partial charge in [-0.2, -0.15) is 0 Å². The molecule has 0 saturated heterocycles. The lowest BCUT2D eigenvalue weighted by atomic mass is 9.89. The van der Waals surface area contributed by atoms with Gasteiger partial charge < -0.3 is 14.2 Å². The molecule has 3 aromatic heterocycles. The fourth-order valence-corrected chi connectivity index (χ4v) is 16.4. The van der Waals surface area contributed by atoms with Crippen molar-refractivity contribution in [2.24, 2.45) is 0 Å². The maximum Gasteiger partial charge on any atom is 0.160 e. The van der Waals surface area contributed by atoms with E-state index in [1.807, 2.05) is 164 Å². The van der Waals surface area contributed by atoms with E-state index in [0.29, 0.717) is 17.5 Å². The van der Waals surface area contributed by atoms with E-state index in [1.165, 1.54) is 27.6 Å². The third kappa shape index (κ3) is 13.1. The summed E-state index contributed by atoms with van der Waals surface area (Å²) in [6, 6.07) is 140. The molecule has 548 valence electrons. The van der Waals surface area contributed by atoms with Gasteiger partial charge in [0.05, 0.1) is 28.5 Å². The minimum Gasteiger partial charge on any atom is -0.456 e. The van der Waals surface area contributed by atoms with Crippen molar-refractivity contribution < 1.29 is 14.2 Å². The van der Waals surface area contributed by atoms with Gasteiger partial charge in [0, 0.05) is 89.1 Å². The van der Waals surface area contributed by atoms with Crippen molar-refractivity contribution >= 4 is 32.3 Å². The van der Waals surface area contributed by atoms with E-state index in [9.17, 15) is 0 Å². The van der Waals surface area contributed by atoms with Gasteiger partial charge in [-0.05, 0) is 121 Å². The van der Waals surface area contributed by atoms with Crippen LogP contribution in [0.15, 0.2) is 413 Å². The standard InChI is InChI=1S/2C38H24N2O.C32H20N2O/c1-3-11-25(12-4-1)33-24-34(26-13-5-2-6-14-26)40-38(39-33)28-16-9-15-27(23-28)29-21-22-36-37-31(29)18-10-19-32(37)30-17-7-8-20-35(30)41-36;1-3-10-26(11-4-1)33-24-34(27-12-5-2-6-13-27)40-38(39-33)28-20-18-25(19-21-28)29-22-23-36-37-31(29)15-9-16-32(37)30-14-7-8-17-35(30)41-36;1-3-10-21(11-4-1)31-27(20-33-32(34-31)22-12-5-2-6-13-22)23-18-19-29-30-25(23)15-9-16-26(30)24-14-7-8-17-28(24)35-29/h2*1-24H;1-20H. The SMILES string of the molecule is c1ccc(-c2cc(-c3ccccc3)nc(-c3ccc(-c4ccc5c6c(cccc46)-c4ccccc4O5)cc3)n2)cc1.c1ccc(-c2cc(-c3ccccc3)nc(-c3cccc(-c4ccc5c6c(cccc46)-c4ccccc4O5)c3)n2)cc1.c1ccc(-c2ncc(-c3ccc4c5c(cccc35)-c3ccccc3O4)c(-c3ccccc3)n2)cc1. The van der Waals surface area contributed by atoms with Gasteiger partial charge in [-0.3, -0.25) is 0 Å². The van der Waals surface area contributed by atoms with Crippen molar-refractivity contribution in [3.05, 3.63) is 413 Å². The van der Waals surface area contributed by atoms with Gasteiger partial charge in [0.15, 0.2) is 17.5 Å². The van der Waals surface area contributed by atoms with E-state index in [4.69, 9.17) is 44.1 Å². The van der Waals surface area contributed by atoms with Crippen LogP contribution in [-0.4, -0.2) is 29.9 Å². The van der Waals surface area contributed by atoms with Gasteiger partial charge in [-0.1, -0.05) is 346 Å². The molecular formula is C108H68N6O3. The van der Waals surface area contributed by atoms with E-state index in [-0.39, 0.29) is 0 Å². The van der Waals surface area contributed by atoms with Crippen LogP contribution in [0, 0.1) is 0 Å². The predicted octanol–water partition coefficient (Wildman–Crippen LogP) is 28.5. The Labute approximate surface area is 676 Å². The Morgan fingerprint density at radius 2 is 0.470 bits per heavy atom. The highest BCUT2D eigenvalue weighted by Gasteiger charge is 2.27. The van der Waals surface area contributed by atoms with Gasteiger partial charge >= 0.3 is 0 Å². The van der Waals surface area contributed by atoms with E-state index < -0.39 is 0 Å². The lowest BCUT2D eigenvalue weighted by molar-refractivity contribution is 0.487. The second-order valence-corrected chi connectivity index (χ2v) is 29.0. The Hall–Kier alpha value is -15.8. The van der Waals surface area contributed by atoms with Crippen LogP contribution in [0.3, 0.4) is 0 Å². The van der Waals surface area contributed by atoms with Crippen LogP contribution in [-0.2, 0) is 0 Å². The molecule has 0 aliphatic carbocycles. The molecule has 0 saturated carbocycles. The first-order chi connectivity index (χ1) is 58.0. The minimum atomic E-state index is 0.701. The molecular weight excluding hydrogens is 1430 g/mol. The zero-order valence-electron chi connectivity index (χ0n) is 63.2. The number of hydrogen-bond donors (Lipinski definition) is 0. The second-order valence-electron chi connectivity index (χ2n) is 29.0. The molecule has 0 atom stereocenters. The van der Waals surface area contributed by atoms with Crippen molar-refractivity contribution in [1.29, 1.82) is 0 Å². The first kappa shape index (κ1) is 69.1. The number of aromatic nitrogens is 6. The summed E-state index contributed by atoms with van der Waals surface area (Å²) in [5.41, 5.74) is 26.4. The van der Waals surface area contributed by atoms with Gasteiger partial charge in [0.2, 0.25) is 0 Å². The molecule has 117 heavy (non-hydrogen) atoms. The Morgan fingerprint density at radius 3 is 0.897 bits per heavy atom. The zero-order valence-corrected chi connectivity index (χ0v) is 63.2. The quantitative estimate of drug-likeness (QED) is 0.125. The van der Waals surface area contributed by atoms with E-state index in [1.54, 1.807) is 0 Å². The lowest BCUT2D eigenvalue weighted by Crippen LogP contribution is -1.99. The van der Waals surface area contributed by atoms with Crippen molar-refractivity contribution in [3.63, 3.8) is 0 Å². The largest absolute Gasteiger partial charge is 0.456 e. The average molecular weight is 1500 g/mol. The number of hydrogen-bond acceptors (Lipinski definition) is 9. The Balaban J connectivity index is 0.000000110. The molecule has 0 spiro atoms. The van der Waals surface area contributed by atoms with Crippen LogP contribution in [0.1, 0.15) is 0 Å². The average Bonchev–Trinajstić information content (AvgIpc) is 0.745. The van der Waals surface area contributed by atoms with Gasteiger partial charge in [-0.15, -0.1) is 0 Å². The molecule has 20 aromatic rings. The molecule has 0 bridgehead atoms. The van der Waals surface area contributed by atoms with Crippen LogP contribution >= 0.6 is 0 Å². The number of ether oxygens (including phenoxy) is 3. The molecule has 0 radical (unpaired) electrons. The van der Waals surface area contributed by atoms with Crippen LogP contribution in [0.5, 0.6) is 34.5 Å². The molecule has 0 unspecified atom stereocenters. The number of benzene rings is 17. The van der Waals surface area contributed by atoms with Crippen LogP contribution in [0.4, 0.5) is 0 Å². The summed E-state index contributed by atoms with van der Waals surface area (Å²) in [5, 5.41) is 6.88. The third-order valence-electron chi connectivity index (χ3n) is 22.0. The Kier molecular flexibility index (Phi) is 17.7. The summed E-state index contributed by atoms with van der Waals surface area (Å²) >= 11 is 0. The third-order valence-corrected chi connectivity index (χ3v) is 22.0. The van der Waals surface area contributed by atoms with Crippen molar-refractivity contribution in [1.82, 2.24) is 29.9 Å². The van der Waals surface area contributed by atoms with Crippen LogP contribution < -0.4 is 14.2 Å². The molecule has 9 nitrogen and oxygen atoms in total. The summed E-state index contributed by atoms with van der Waals surface area (Å²) in [5.74, 6) is 7.47. The van der Waals surface area contributed by atoms with Crippen molar-refractivity contribution in [2.45, 2.75) is 0 Å². The number of para-hydroxylation sites is 3. The zero-order chi connectivity index (χ0) is 77.5. The summed E-state index contributed by atoms with van der Waals surface area (Å²) in [4.78, 5) is 29.9. The molecule has 9 heteroatoms. The van der Waals surface area contributed by atoms with E-state index in [2.05, 4.69) is 249 Å².